The van der Waals surface area contributed by atoms with Crippen LogP contribution in [-0.4, -0.2) is 48.4 Å². The summed E-state index contributed by atoms with van der Waals surface area (Å²) in [6.07, 6.45) is 1.83. The predicted octanol–water partition coefficient (Wildman–Crippen LogP) is 1.25. The second-order valence-corrected chi connectivity index (χ2v) is 4.81. The number of H-pyrrole nitrogens is 1. The molecule has 18 heavy (non-hydrogen) atoms. The van der Waals surface area contributed by atoms with E-state index in [9.17, 15) is 4.79 Å². The first-order valence-corrected chi connectivity index (χ1v) is 6.28. The number of Topliss-reactive ketones (excluding diaryl/α,β-unsaturated/α-hetero) is 1. The first kappa shape index (κ1) is 11.4. The van der Waals surface area contributed by atoms with Crippen LogP contribution < -0.4 is 5.32 Å². The number of nitrogens with zero attached hydrogens (tertiary/aromatic N) is 1. The summed E-state index contributed by atoms with van der Waals surface area (Å²) in [5.74, 6) is 0.196. The summed E-state index contributed by atoms with van der Waals surface area (Å²) in [7, 11) is 2.01. The van der Waals surface area contributed by atoms with E-state index in [1.54, 1.807) is 0 Å². The van der Waals surface area contributed by atoms with E-state index in [1.165, 1.54) is 0 Å². The zero-order valence-corrected chi connectivity index (χ0v) is 10.4. The van der Waals surface area contributed by atoms with Gasteiger partial charge in [0.1, 0.15) is 0 Å². The lowest BCUT2D eigenvalue weighted by Crippen LogP contribution is -2.53. The maximum Gasteiger partial charge on any atom is 0.183 e. The van der Waals surface area contributed by atoms with Gasteiger partial charge in [-0.2, -0.15) is 0 Å². The molecule has 2 N–H and O–H groups in total. The third kappa shape index (κ3) is 1.83. The van der Waals surface area contributed by atoms with E-state index in [2.05, 4.69) is 15.2 Å². The van der Waals surface area contributed by atoms with Crippen LogP contribution in [-0.2, 0) is 0 Å². The van der Waals surface area contributed by atoms with Gasteiger partial charge < -0.3 is 10.3 Å². The number of aromatic nitrogens is 1. The lowest BCUT2D eigenvalue weighted by Gasteiger charge is -2.31. The predicted molar refractivity (Wildman–Crippen MR) is 71.9 cm³/mol. The molecule has 4 heteroatoms. The van der Waals surface area contributed by atoms with Crippen molar-refractivity contribution >= 4 is 16.7 Å². The molecule has 1 saturated heterocycles. The van der Waals surface area contributed by atoms with Crippen molar-refractivity contribution in [3.63, 3.8) is 0 Å². The number of para-hydroxylation sites is 1. The zero-order chi connectivity index (χ0) is 12.5. The van der Waals surface area contributed by atoms with Crippen molar-refractivity contribution < 1.29 is 4.79 Å². The Morgan fingerprint density at radius 2 is 2.22 bits per heavy atom. The minimum atomic E-state index is -0.0574. The fourth-order valence-corrected chi connectivity index (χ4v) is 2.55. The summed E-state index contributed by atoms with van der Waals surface area (Å²) < 4.78 is 0. The van der Waals surface area contributed by atoms with E-state index in [4.69, 9.17) is 0 Å². The topological polar surface area (TPSA) is 48.1 Å². The number of rotatable bonds is 2. The van der Waals surface area contributed by atoms with Crippen LogP contribution in [0, 0.1) is 0 Å². The average molecular weight is 243 g/mol. The van der Waals surface area contributed by atoms with Gasteiger partial charge in [0.15, 0.2) is 5.78 Å². The van der Waals surface area contributed by atoms with Crippen molar-refractivity contribution in [3.05, 3.63) is 36.0 Å². The Hall–Kier alpha value is -1.65. The van der Waals surface area contributed by atoms with Crippen LogP contribution in [0.2, 0.25) is 0 Å². The van der Waals surface area contributed by atoms with Crippen LogP contribution in [0.4, 0.5) is 0 Å². The van der Waals surface area contributed by atoms with Gasteiger partial charge in [-0.25, -0.2) is 0 Å². The highest BCUT2D eigenvalue weighted by atomic mass is 16.1. The number of hydrogen-bond donors (Lipinski definition) is 2. The lowest BCUT2D eigenvalue weighted by molar-refractivity contribution is 0.0821. The molecule has 1 aromatic heterocycles. The zero-order valence-electron chi connectivity index (χ0n) is 10.4. The van der Waals surface area contributed by atoms with Gasteiger partial charge in [-0.1, -0.05) is 18.2 Å². The number of benzene rings is 1. The second kappa shape index (κ2) is 4.55. The maximum atomic E-state index is 12.6. The Bertz CT molecular complexity index is 575. The highest BCUT2D eigenvalue weighted by Crippen LogP contribution is 2.20. The molecule has 0 amide bonds. The molecule has 94 valence electrons. The van der Waals surface area contributed by atoms with Gasteiger partial charge in [0.05, 0.1) is 6.04 Å². The van der Waals surface area contributed by atoms with Gasteiger partial charge in [-0.05, 0) is 13.1 Å². The van der Waals surface area contributed by atoms with Crippen LogP contribution >= 0.6 is 0 Å². The highest BCUT2D eigenvalue weighted by molar-refractivity contribution is 6.10. The van der Waals surface area contributed by atoms with Crippen LogP contribution in [0.3, 0.4) is 0 Å². The first-order chi connectivity index (χ1) is 8.77. The fraction of sp³-hybridized carbons (Fsp3) is 0.357. The van der Waals surface area contributed by atoms with Crippen molar-refractivity contribution in [3.8, 4) is 0 Å². The molecule has 3 rings (SSSR count). The monoisotopic (exact) mass is 243 g/mol. The Morgan fingerprint density at radius 1 is 1.39 bits per heavy atom. The Balaban J connectivity index is 1.96. The maximum absolute atomic E-state index is 12.6. The summed E-state index contributed by atoms with van der Waals surface area (Å²) in [5, 5.41) is 4.30. The van der Waals surface area contributed by atoms with Crippen LogP contribution in [0.1, 0.15) is 10.4 Å². The third-order valence-corrected chi connectivity index (χ3v) is 3.67. The first-order valence-electron chi connectivity index (χ1n) is 6.28. The molecule has 1 aromatic carbocycles. The van der Waals surface area contributed by atoms with Gasteiger partial charge in [-0.3, -0.25) is 9.69 Å². The minimum Gasteiger partial charge on any atom is -0.360 e. The number of fused-ring (bicyclic) bond motifs is 1. The normalized spacial score (nSPS) is 21.3. The van der Waals surface area contributed by atoms with Crippen LogP contribution in [0.5, 0.6) is 0 Å². The lowest BCUT2D eigenvalue weighted by atomic mass is 10.0. The number of carbonyl (C=O) groups is 1. The smallest absolute Gasteiger partial charge is 0.183 e. The van der Waals surface area contributed by atoms with Crippen LogP contribution in [0.25, 0.3) is 10.9 Å². The molecule has 0 aliphatic carbocycles. The molecule has 2 heterocycles. The fourth-order valence-electron chi connectivity index (χ4n) is 2.55. The third-order valence-electron chi connectivity index (χ3n) is 3.67. The molecule has 0 bridgehead atoms. The van der Waals surface area contributed by atoms with E-state index in [0.717, 1.165) is 36.1 Å². The summed E-state index contributed by atoms with van der Waals surface area (Å²) in [6, 6.07) is 7.87. The number of likely N-dealkylation sites (N-methyl/N-ethyl adjacent to an activating group) is 1. The molecule has 1 unspecified atom stereocenters. The number of ketones is 1. The Labute approximate surface area is 106 Å². The minimum absolute atomic E-state index is 0.0574. The average Bonchev–Trinajstić information content (AvgIpc) is 2.82. The Kier molecular flexibility index (Phi) is 2.89. The largest absolute Gasteiger partial charge is 0.360 e. The molecule has 1 fully saturated rings. The summed E-state index contributed by atoms with van der Waals surface area (Å²) in [4.78, 5) is 17.9. The molecule has 1 aliphatic rings. The van der Waals surface area contributed by atoms with Crippen LogP contribution in [0.15, 0.2) is 30.5 Å². The van der Waals surface area contributed by atoms with E-state index in [-0.39, 0.29) is 11.8 Å². The van der Waals surface area contributed by atoms with Gasteiger partial charge in [0, 0.05) is 42.3 Å². The standard InChI is InChI=1S/C14H17N3O/c1-17-7-6-15-9-13(17)14(18)11-8-16-12-5-3-2-4-10(11)12/h2-5,8,13,15-16H,6-7,9H2,1H3. The Morgan fingerprint density at radius 3 is 3.06 bits per heavy atom. The SMILES string of the molecule is CN1CCNCC1C(=O)c1c[nH]c2ccccc12. The van der Waals surface area contributed by atoms with Gasteiger partial charge >= 0.3 is 0 Å². The number of carbonyl (C=O) groups excluding carboxylic acids is 1. The number of aromatic amines is 1. The summed E-state index contributed by atoms with van der Waals surface area (Å²) in [5.41, 5.74) is 1.82. The quantitative estimate of drug-likeness (QED) is 0.781. The molecule has 0 spiro atoms. The van der Waals surface area contributed by atoms with Gasteiger partial charge in [0.25, 0.3) is 0 Å². The van der Waals surface area contributed by atoms with E-state index in [1.807, 2.05) is 37.5 Å². The van der Waals surface area contributed by atoms with E-state index in [0.29, 0.717) is 0 Å². The van der Waals surface area contributed by atoms with Crippen molar-refractivity contribution in [1.82, 2.24) is 15.2 Å². The molecular weight excluding hydrogens is 226 g/mol. The number of hydrogen-bond acceptors (Lipinski definition) is 3. The highest BCUT2D eigenvalue weighted by Gasteiger charge is 2.27. The van der Waals surface area contributed by atoms with E-state index >= 15 is 0 Å². The molecule has 0 saturated carbocycles. The molecular formula is C14H17N3O. The molecule has 2 aromatic rings. The number of nitrogens with one attached hydrogen (secondary N) is 2. The summed E-state index contributed by atoms with van der Waals surface area (Å²) in [6.45, 7) is 2.60. The molecule has 1 aliphatic heterocycles. The van der Waals surface area contributed by atoms with E-state index < -0.39 is 0 Å². The van der Waals surface area contributed by atoms with Gasteiger partial charge in [0.2, 0.25) is 0 Å². The van der Waals surface area contributed by atoms with Gasteiger partial charge in [-0.15, -0.1) is 0 Å². The van der Waals surface area contributed by atoms with Crippen molar-refractivity contribution in [2.24, 2.45) is 0 Å². The second-order valence-electron chi connectivity index (χ2n) is 4.81. The molecule has 1 atom stereocenters. The van der Waals surface area contributed by atoms with Crippen molar-refractivity contribution in [2.75, 3.05) is 26.7 Å². The molecule has 4 nitrogen and oxygen atoms in total. The molecule has 0 radical (unpaired) electrons. The van der Waals surface area contributed by atoms with Crippen molar-refractivity contribution in [1.29, 1.82) is 0 Å². The van der Waals surface area contributed by atoms with Crippen molar-refractivity contribution in [2.45, 2.75) is 6.04 Å². The number of piperazine rings is 1. The summed E-state index contributed by atoms with van der Waals surface area (Å²) >= 11 is 0.